The summed E-state index contributed by atoms with van der Waals surface area (Å²) in [7, 11) is 0. The Kier molecular flexibility index (Phi) is 3.05. The summed E-state index contributed by atoms with van der Waals surface area (Å²) in [6.45, 7) is 2.05. The van der Waals surface area contributed by atoms with Gasteiger partial charge in [-0.15, -0.1) is 0 Å². The van der Waals surface area contributed by atoms with Crippen LogP contribution in [0.1, 0.15) is 5.56 Å². The van der Waals surface area contributed by atoms with E-state index in [0.29, 0.717) is 11.3 Å². The van der Waals surface area contributed by atoms with Crippen molar-refractivity contribution in [3.05, 3.63) is 70.9 Å². The van der Waals surface area contributed by atoms with Crippen molar-refractivity contribution in [1.29, 1.82) is 0 Å². The molecule has 26 heavy (non-hydrogen) atoms. The molecule has 126 valence electrons. The second kappa shape index (κ2) is 5.42. The lowest BCUT2D eigenvalue weighted by molar-refractivity contribution is 1.26. The summed E-state index contributed by atoms with van der Waals surface area (Å²) in [5.74, 6) is 0.697. The average Bonchev–Trinajstić information content (AvgIpc) is 3.04. The fourth-order valence-corrected chi connectivity index (χ4v) is 3.39. The predicted molar refractivity (Wildman–Crippen MR) is 104 cm³/mol. The summed E-state index contributed by atoms with van der Waals surface area (Å²) in [5.41, 5.74) is 4.13. The normalized spacial score (nSPS) is 11.4. The van der Waals surface area contributed by atoms with Gasteiger partial charge in [-0.25, -0.2) is 4.98 Å². The van der Waals surface area contributed by atoms with Crippen molar-refractivity contribution in [3.8, 4) is 0 Å². The highest BCUT2D eigenvalue weighted by molar-refractivity contribution is 6.20. The number of hydrogen-bond donors (Lipinski definition) is 3. The largest absolute Gasteiger partial charge is 0.349 e. The smallest absolute Gasteiger partial charge is 0.272 e. The van der Waals surface area contributed by atoms with E-state index in [-0.39, 0.29) is 5.56 Å². The molecule has 0 aliphatic rings. The van der Waals surface area contributed by atoms with E-state index in [1.807, 2.05) is 37.3 Å². The van der Waals surface area contributed by atoms with Gasteiger partial charge in [-0.3, -0.25) is 9.78 Å². The molecule has 3 N–H and O–H groups in total. The third kappa shape index (κ3) is 2.16. The number of hydrogen-bond acceptors (Lipinski definition) is 4. The van der Waals surface area contributed by atoms with Gasteiger partial charge in [0.15, 0.2) is 0 Å². The maximum Gasteiger partial charge on any atom is 0.272 e. The number of nitrogens with one attached hydrogen (secondary N) is 3. The lowest BCUT2D eigenvalue weighted by atomic mass is 10.1. The molecule has 1 aromatic carbocycles. The molecule has 5 rings (SSSR count). The van der Waals surface area contributed by atoms with Gasteiger partial charge in [-0.05, 0) is 36.8 Å². The van der Waals surface area contributed by atoms with Gasteiger partial charge in [0.05, 0.1) is 22.6 Å². The highest BCUT2D eigenvalue weighted by Crippen LogP contribution is 2.35. The quantitative estimate of drug-likeness (QED) is 0.453. The van der Waals surface area contributed by atoms with E-state index in [9.17, 15) is 4.79 Å². The zero-order chi connectivity index (χ0) is 17.7. The standard InChI is InChI=1S/C20H15N5O/c1-11-3-2-4-12(9-11)23-19-16-14-6-8-22-20(26)18(14)25-17(16)13-5-7-21-10-15(13)24-19/h2-10,25H,1H3,(H,22,26)(H,23,24). The third-order valence-electron chi connectivity index (χ3n) is 4.55. The van der Waals surface area contributed by atoms with Crippen LogP contribution in [0.5, 0.6) is 0 Å². The monoisotopic (exact) mass is 341 g/mol. The van der Waals surface area contributed by atoms with E-state index in [1.165, 1.54) is 0 Å². The number of rotatable bonds is 2. The van der Waals surface area contributed by atoms with Crippen molar-refractivity contribution in [2.45, 2.75) is 6.92 Å². The van der Waals surface area contributed by atoms with Crippen molar-refractivity contribution in [2.75, 3.05) is 5.32 Å². The van der Waals surface area contributed by atoms with Crippen LogP contribution in [0, 0.1) is 6.92 Å². The number of fused-ring (bicyclic) bond motifs is 5. The third-order valence-corrected chi connectivity index (χ3v) is 4.55. The number of aromatic amines is 2. The zero-order valence-electron chi connectivity index (χ0n) is 14.0. The SMILES string of the molecule is Cc1cccc(Nc2nc3cnccc3c3[nH]c4c(=O)[nH]ccc4c23)c1. The van der Waals surface area contributed by atoms with E-state index in [1.54, 1.807) is 18.6 Å². The molecule has 0 spiro atoms. The molecule has 6 heteroatoms. The molecule has 0 unspecified atom stereocenters. The molecule has 0 aliphatic heterocycles. The van der Waals surface area contributed by atoms with Crippen LogP contribution >= 0.6 is 0 Å². The van der Waals surface area contributed by atoms with Crippen LogP contribution in [-0.4, -0.2) is 19.9 Å². The highest BCUT2D eigenvalue weighted by atomic mass is 16.1. The number of benzene rings is 1. The van der Waals surface area contributed by atoms with Crippen LogP contribution in [0.15, 0.2) is 59.8 Å². The number of aryl methyl sites for hydroxylation is 1. The van der Waals surface area contributed by atoms with E-state index >= 15 is 0 Å². The summed E-state index contributed by atoms with van der Waals surface area (Å²) in [5, 5.41) is 6.07. The highest BCUT2D eigenvalue weighted by Gasteiger charge is 2.16. The first-order chi connectivity index (χ1) is 12.7. The molecule has 0 aliphatic carbocycles. The molecular weight excluding hydrogens is 326 g/mol. The Hall–Kier alpha value is -3.67. The molecule has 4 heterocycles. The summed E-state index contributed by atoms with van der Waals surface area (Å²) in [6.07, 6.45) is 5.12. The summed E-state index contributed by atoms with van der Waals surface area (Å²) < 4.78 is 0. The summed E-state index contributed by atoms with van der Waals surface area (Å²) in [6, 6.07) is 11.9. The minimum atomic E-state index is -0.151. The predicted octanol–water partition coefficient (Wildman–Crippen LogP) is 4.00. The topological polar surface area (TPSA) is 86.5 Å². The van der Waals surface area contributed by atoms with Gasteiger partial charge in [-0.2, -0.15) is 0 Å². The maximum atomic E-state index is 12.3. The summed E-state index contributed by atoms with van der Waals surface area (Å²) in [4.78, 5) is 27.2. The molecule has 0 bridgehead atoms. The van der Waals surface area contributed by atoms with E-state index in [4.69, 9.17) is 4.98 Å². The number of nitrogens with zero attached hydrogens (tertiary/aromatic N) is 2. The van der Waals surface area contributed by atoms with Crippen molar-refractivity contribution in [2.24, 2.45) is 0 Å². The first-order valence-corrected chi connectivity index (χ1v) is 8.31. The fourth-order valence-electron chi connectivity index (χ4n) is 3.39. The molecular formula is C20H15N5O. The van der Waals surface area contributed by atoms with Crippen LogP contribution in [0.3, 0.4) is 0 Å². The van der Waals surface area contributed by atoms with Gasteiger partial charge in [0, 0.05) is 28.9 Å². The molecule has 0 amide bonds. The van der Waals surface area contributed by atoms with E-state index in [2.05, 4.69) is 26.3 Å². The average molecular weight is 341 g/mol. The molecule has 0 radical (unpaired) electrons. The van der Waals surface area contributed by atoms with Gasteiger partial charge in [0.2, 0.25) is 0 Å². The molecule has 6 nitrogen and oxygen atoms in total. The molecule has 0 atom stereocenters. The van der Waals surface area contributed by atoms with Gasteiger partial charge in [0.1, 0.15) is 11.3 Å². The lowest BCUT2D eigenvalue weighted by Crippen LogP contribution is -2.03. The molecule has 0 saturated carbocycles. The Morgan fingerprint density at radius 1 is 1.08 bits per heavy atom. The first-order valence-electron chi connectivity index (χ1n) is 8.31. The lowest BCUT2D eigenvalue weighted by Gasteiger charge is -2.10. The summed E-state index contributed by atoms with van der Waals surface area (Å²) >= 11 is 0. The Bertz CT molecular complexity index is 1350. The van der Waals surface area contributed by atoms with Crippen LogP contribution in [0.4, 0.5) is 11.5 Å². The van der Waals surface area contributed by atoms with E-state index in [0.717, 1.165) is 38.4 Å². The Morgan fingerprint density at radius 3 is 2.88 bits per heavy atom. The Balaban J connectivity index is 1.89. The Morgan fingerprint density at radius 2 is 2.00 bits per heavy atom. The molecule has 0 saturated heterocycles. The molecule has 4 aromatic heterocycles. The number of pyridine rings is 3. The molecule has 5 aromatic rings. The number of H-pyrrole nitrogens is 2. The van der Waals surface area contributed by atoms with Gasteiger partial charge < -0.3 is 15.3 Å². The van der Waals surface area contributed by atoms with Crippen LogP contribution in [-0.2, 0) is 0 Å². The van der Waals surface area contributed by atoms with Crippen LogP contribution in [0.25, 0.3) is 32.7 Å². The van der Waals surface area contributed by atoms with Crippen LogP contribution in [0.2, 0.25) is 0 Å². The molecule has 0 fully saturated rings. The van der Waals surface area contributed by atoms with Gasteiger partial charge in [0.25, 0.3) is 5.56 Å². The Labute approximate surface area is 147 Å². The number of anilines is 2. The van der Waals surface area contributed by atoms with Crippen molar-refractivity contribution in [1.82, 2.24) is 19.9 Å². The maximum absolute atomic E-state index is 12.3. The van der Waals surface area contributed by atoms with Gasteiger partial charge in [-0.1, -0.05) is 12.1 Å². The zero-order valence-corrected chi connectivity index (χ0v) is 14.0. The second-order valence-electron chi connectivity index (χ2n) is 6.32. The minimum absolute atomic E-state index is 0.151. The van der Waals surface area contributed by atoms with Crippen molar-refractivity contribution >= 4 is 44.2 Å². The minimum Gasteiger partial charge on any atom is -0.349 e. The van der Waals surface area contributed by atoms with Crippen LogP contribution < -0.4 is 10.9 Å². The van der Waals surface area contributed by atoms with Crippen molar-refractivity contribution < 1.29 is 0 Å². The van der Waals surface area contributed by atoms with Gasteiger partial charge >= 0.3 is 0 Å². The fraction of sp³-hybridized carbons (Fsp3) is 0.0500. The first kappa shape index (κ1) is 14.7. The van der Waals surface area contributed by atoms with E-state index < -0.39 is 0 Å². The van der Waals surface area contributed by atoms with Crippen molar-refractivity contribution in [3.63, 3.8) is 0 Å². The number of aromatic nitrogens is 4. The second-order valence-corrected chi connectivity index (χ2v) is 6.32.